The van der Waals surface area contributed by atoms with Crippen LogP contribution in [-0.4, -0.2) is 9.36 Å². The van der Waals surface area contributed by atoms with E-state index >= 15 is 0 Å². The molecule has 21 heavy (non-hydrogen) atoms. The van der Waals surface area contributed by atoms with Crippen LogP contribution in [0.1, 0.15) is 24.8 Å². The molecule has 112 valence electrons. The molecule has 0 atom stereocenters. The zero-order valence-corrected chi connectivity index (χ0v) is 12.4. The normalized spacial score (nSPS) is 14.9. The van der Waals surface area contributed by atoms with Crippen molar-refractivity contribution in [3.8, 4) is 11.1 Å². The van der Waals surface area contributed by atoms with E-state index in [1.165, 1.54) is 13.0 Å². The highest BCUT2D eigenvalue weighted by Gasteiger charge is 2.23. The Morgan fingerprint density at radius 1 is 1.05 bits per heavy atom. The Hall–Kier alpha value is -1.62. The predicted octanol–water partition coefficient (Wildman–Crippen LogP) is 3.74. The summed E-state index contributed by atoms with van der Waals surface area (Å²) in [5.74, 6) is -1.40. The van der Waals surface area contributed by atoms with Crippen LogP contribution in [0.3, 0.4) is 0 Å². The summed E-state index contributed by atoms with van der Waals surface area (Å²) in [6.45, 7) is 2.74. The van der Waals surface area contributed by atoms with Crippen LogP contribution >= 0.6 is 11.6 Å². The van der Waals surface area contributed by atoms with E-state index in [0.29, 0.717) is 13.1 Å². The van der Waals surface area contributed by atoms with Gasteiger partial charge in [-0.05, 0) is 37.8 Å². The molecule has 0 unspecified atom stereocenters. The lowest BCUT2D eigenvalue weighted by atomic mass is 10.1. The van der Waals surface area contributed by atoms with Crippen LogP contribution in [0.2, 0.25) is 5.15 Å². The van der Waals surface area contributed by atoms with E-state index in [-0.39, 0.29) is 27.4 Å². The molecule has 0 N–H and O–H groups in total. The molecule has 0 amide bonds. The molecule has 2 heterocycles. The molecule has 0 radical (unpaired) electrons. The van der Waals surface area contributed by atoms with Gasteiger partial charge in [-0.2, -0.15) is 0 Å². The minimum atomic E-state index is -0.765. The van der Waals surface area contributed by atoms with Gasteiger partial charge in [0.2, 0.25) is 0 Å². The first-order chi connectivity index (χ1) is 10.0. The van der Waals surface area contributed by atoms with E-state index in [4.69, 9.17) is 11.6 Å². The van der Waals surface area contributed by atoms with E-state index in [0.717, 1.165) is 25.3 Å². The summed E-state index contributed by atoms with van der Waals surface area (Å²) >= 11 is 6.30. The number of hydrogen-bond acceptors (Lipinski definition) is 1. The van der Waals surface area contributed by atoms with E-state index < -0.39 is 11.6 Å². The Balaban J connectivity index is 2.25. The molecule has 0 bridgehead atoms. The first-order valence-electron chi connectivity index (χ1n) is 6.96. The van der Waals surface area contributed by atoms with Gasteiger partial charge in [-0.15, -0.1) is 0 Å². The van der Waals surface area contributed by atoms with Gasteiger partial charge in [0.05, 0.1) is 5.56 Å². The summed E-state index contributed by atoms with van der Waals surface area (Å²) in [4.78, 5) is 12.5. The summed E-state index contributed by atoms with van der Waals surface area (Å²) in [5.41, 5.74) is 0.163. The van der Waals surface area contributed by atoms with Crippen molar-refractivity contribution >= 4 is 11.6 Å². The molecule has 0 saturated heterocycles. The molecule has 3 nitrogen and oxygen atoms in total. The van der Waals surface area contributed by atoms with Crippen molar-refractivity contribution in [2.24, 2.45) is 0 Å². The fraction of sp³-hybridized carbons (Fsp3) is 0.400. The van der Waals surface area contributed by atoms with E-state index in [1.54, 1.807) is 9.36 Å². The van der Waals surface area contributed by atoms with Crippen LogP contribution in [0, 0.1) is 18.6 Å². The quantitative estimate of drug-likeness (QED) is 0.788. The summed E-state index contributed by atoms with van der Waals surface area (Å²) in [6, 6.07) is 2.14. The lowest BCUT2D eigenvalue weighted by Crippen LogP contribution is -2.22. The molecular formula is C15H15ClF2N2O. The maximum Gasteiger partial charge on any atom is 0.276 e. The Bertz CT molecular complexity index is 764. The molecule has 2 aromatic rings. The number of fused-ring (bicyclic) bond motifs is 1. The van der Waals surface area contributed by atoms with Crippen molar-refractivity contribution < 1.29 is 8.78 Å². The van der Waals surface area contributed by atoms with E-state index in [1.807, 2.05) is 0 Å². The number of aromatic nitrogens is 2. The van der Waals surface area contributed by atoms with Gasteiger partial charge in [-0.1, -0.05) is 11.6 Å². The number of hydrogen-bond donors (Lipinski definition) is 0. The lowest BCUT2D eigenvalue weighted by molar-refractivity contribution is 0.477. The highest BCUT2D eigenvalue weighted by molar-refractivity contribution is 6.32. The van der Waals surface area contributed by atoms with Crippen molar-refractivity contribution in [1.82, 2.24) is 9.36 Å². The second-order valence-electron chi connectivity index (χ2n) is 5.36. The minimum Gasteiger partial charge on any atom is -0.271 e. The van der Waals surface area contributed by atoms with Crippen LogP contribution in [0.25, 0.3) is 11.1 Å². The Kier molecular flexibility index (Phi) is 3.61. The number of rotatable bonds is 1. The first kappa shape index (κ1) is 14.3. The molecule has 0 saturated carbocycles. The van der Waals surface area contributed by atoms with E-state index in [9.17, 15) is 13.6 Å². The van der Waals surface area contributed by atoms with Gasteiger partial charge in [0.15, 0.2) is 0 Å². The molecule has 1 aromatic heterocycles. The second-order valence-corrected chi connectivity index (χ2v) is 5.72. The van der Waals surface area contributed by atoms with Crippen molar-refractivity contribution in [2.45, 2.75) is 39.3 Å². The van der Waals surface area contributed by atoms with Gasteiger partial charge in [-0.25, -0.2) is 13.5 Å². The van der Waals surface area contributed by atoms with Crippen molar-refractivity contribution in [2.75, 3.05) is 0 Å². The molecule has 0 spiro atoms. The number of nitrogens with zero attached hydrogens (tertiary/aromatic N) is 2. The second kappa shape index (κ2) is 5.30. The largest absolute Gasteiger partial charge is 0.276 e. The zero-order chi connectivity index (χ0) is 15.1. The minimum absolute atomic E-state index is 0.0666. The average Bonchev–Trinajstić information content (AvgIpc) is 2.63. The predicted molar refractivity (Wildman–Crippen MR) is 77.6 cm³/mol. The molecule has 1 aliphatic heterocycles. The van der Waals surface area contributed by atoms with Crippen molar-refractivity contribution in [1.29, 1.82) is 0 Å². The van der Waals surface area contributed by atoms with Gasteiger partial charge in [0.1, 0.15) is 16.8 Å². The van der Waals surface area contributed by atoms with Gasteiger partial charge < -0.3 is 0 Å². The van der Waals surface area contributed by atoms with Gasteiger partial charge in [-0.3, -0.25) is 9.48 Å². The maximum absolute atomic E-state index is 14.1. The fourth-order valence-corrected chi connectivity index (χ4v) is 3.14. The van der Waals surface area contributed by atoms with Crippen LogP contribution in [0.15, 0.2) is 16.9 Å². The Morgan fingerprint density at radius 3 is 2.43 bits per heavy atom. The third-order valence-electron chi connectivity index (χ3n) is 3.93. The van der Waals surface area contributed by atoms with E-state index in [2.05, 4.69) is 0 Å². The molecule has 1 aliphatic rings. The van der Waals surface area contributed by atoms with Gasteiger partial charge in [0.25, 0.3) is 5.56 Å². The van der Waals surface area contributed by atoms with Crippen molar-refractivity contribution in [3.05, 3.63) is 44.8 Å². The monoisotopic (exact) mass is 312 g/mol. The third-order valence-corrected chi connectivity index (χ3v) is 4.31. The SMILES string of the molecule is Cc1cc(-c2c(Cl)n3n(c2=O)CCCCC3)c(F)cc1F. The summed E-state index contributed by atoms with van der Waals surface area (Å²) in [5, 5.41) is 0.229. The van der Waals surface area contributed by atoms with Crippen LogP contribution < -0.4 is 5.56 Å². The summed E-state index contributed by atoms with van der Waals surface area (Å²) in [7, 11) is 0. The zero-order valence-electron chi connectivity index (χ0n) is 11.6. The van der Waals surface area contributed by atoms with Crippen LogP contribution in [0.5, 0.6) is 0 Å². The maximum atomic E-state index is 14.1. The summed E-state index contributed by atoms with van der Waals surface area (Å²) in [6.07, 6.45) is 2.85. The number of aryl methyl sites for hydroxylation is 1. The average molecular weight is 313 g/mol. The van der Waals surface area contributed by atoms with Gasteiger partial charge >= 0.3 is 0 Å². The first-order valence-corrected chi connectivity index (χ1v) is 7.33. The Labute approximate surface area is 125 Å². The van der Waals surface area contributed by atoms with Crippen LogP contribution in [-0.2, 0) is 13.1 Å². The third kappa shape index (κ3) is 2.29. The Morgan fingerprint density at radius 2 is 1.71 bits per heavy atom. The van der Waals surface area contributed by atoms with Gasteiger partial charge in [0, 0.05) is 24.7 Å². The molecule has 0 fully saturated rings. The number of halogens is 3. The highest BCUT2D eigenvalue weighted by Crippen LogP contribution is 2.30. The molecule has 6 heteroatoms. The summed E-state index contributed by atoms with van der Waals surface area (Å²) < 4.78 is 30.7. The molecule has 1 aromatic carbocycles. The standard InChI is InChI=1S/C15H15ClF2N2O/c1-9-7-10(12(18)8-11(9)17)13-14(16)19-5-3-2-4-6-20(19)15(13)21/h7-8H,2-6H2,1H3. The fourth-order valence-electron chi connectivity index (χ4n) is 2.78. The topological polar surface area (TPSA) is 26.9 Å². The highest BCUT2D eigenvalue weighted by atomic mass is 35.5. The number of benzene rings is 1. The smallest absolute Gasteiger partial charge is 0.271 e. The molecular weight excluding hydrogens is 298 g/mol. The lowest BCUT2D eigenvalue weighted by Gasteiger charge is -2.07. The van der Waals surface area contributed by atoms with Crippen LogP contribution in [0.4, 0.5) is 8.78 Å². The molecule has 0 aliphatic carbocycles. The van der Waals surface area contributed by atoms with Crippen molar-refractivity contribution in [3.63, 3.8) is 0 Å². The molecule has 3 rings (SSSR count).